The van der Waals surface area contributed by atoms with Crippen LogP contribution in [-0.4, -0.2) is 45.7 Å². The molecule has 1 saturated heterocycles. The molecule has 4 atom stereocenters. The van der Waals surface area contributed by atoms with Gasteiger partial charge in [-0.2, -0.15) is 4.98 Å². The maximum atomic E-state index is 11.8. The summed E-state index contributed by atoms with van der Waals surface area (Å²) in [7, 11) is 1.14. The Kier molecular flexibility index (Phi) is 2.21. The van der Waals surface area contributed by atoms with Crippen LogP contribution < -0.4 is 10.3 Å². The first-order valence-electron chi connectivity index (χ1n) is 7.71. The largest absolute Gasteiger partial charge is 0.468 e. The molecule has 0 aromatic carbocycles. The molecule has 2 heterocycles. The molecular weight excluding hydrogens is 240 g/mol. The lowest BCUT2D eigenvalue weighted by Gasteiger charge is -2.18. The summed E-state index contributed by atoms with van der Waals surface area (Å²) in [5.41, 5.74) is -1.73. The Hall–Kier alpha value is -1.44. The molecule has 0 radical (unpaired) electrons. The highest BCUT2D eigenvalue weighted by Gasteiger charge is 2.35. The van der Waals surface area contributed by atoms with E-state index in [1.165, 1.54) is 0 Å². The lowest BCUT2D eigenvalue weighted by molar-refractivity contribution is -0.0470. The number of nitrogens with zero attached hydrogens (tertiary/aromatic N) is 2. The van der Waals surface area contributed by atoms with Crippen molar-refractivity contribution < 1.29 is 26.5 Å². The highest BCUT2D eigenvalue weighted by molar-refractivity contribution is 5.09. The molecule has 0 saturated carbocycles. The summed E-state index contributed by atoms with van der Waals surface area (Å²) in [5, 5.41) is 19.0. The number of aliphatic hydroxyl groups is 2. The first-order chi connectivity index (χ1) is 10.6. The van der Waals surface area contributed by atoms with Gasteiger partial charge in [0.1, 0.15) is 12.3 Å². The van der Waals surface area contributed by atoms with Crippen molar-refractivity contribution in [2.24, 2.45) is 0 Å². The Balaban J connectivity index is 2.64. The maximum Gasteiger partial charge on any atom is 0.301 e. The number of methoxy groups -OCH3 is 1. The number of hydrogen-bond donors (Lipinski definition) is 2. The van der Waals surface area contributed by atoms with E-state index in [-0.39, 0.29) is 0 Å². The summed E-state index contributed by atoms with van der Waals surface area (Å²) in [4.78, 5) is 15.2. The zero-order valence-corrected chi connectivity index (χ0v) is 9.53. The number of rotatable bonds is 3. The monoisotopic (exact) mass is 266 g/mol. The van der Waals surface area contributed by atoms with E-state index in [0.717, 1.165) is 17.9 Å². The van der Waals surface area contributed by atoms with E-state index in [1.54, 1.807) is 0 Å². The van der Waals surface area contributed by atoms with E-state index < -0.39 is 55.4 Å². The Morgan fingerprint density at radius 1 is 1.89 bits per heavy atom. The molecule has 2 N–H and O–H groups in total. The SMILES string of the molecule is [3H][C@@H]1[C@H](O)[C@@H](CO)O[C@@]1([3H])n1cc(C([3H])([3H])[3H])c(=O)nc1OC. The standard InChI is InChI=1S/C11H16N2O5/c1-6-4-13(11(17-2)12-10(6)16)9-3-7(15)8(5-14)18-9/h4,7-9,14-15H,3,5H2,1-2H3/t7-,8+,9+/m0/s1/i1T3,3T,9T/t3-,7+,8-,9-/m1. The minimum Gasteiger partial charge on any atom is -0.468 e. The Morgan fingerprint density at radius 3 is 3.22 bits per heavy atom. The van der Waals surface area contributed by atoms with E-state index in [0.29, 0.717) is 0 Å². The van der Waals surface area contributed by atoms with Crippen molar-refractivity contribution >= 4 is 0 Å². The van der Waals surface area contributed by atoms with E-state index in [2.05, 4.69) is 4.98 Å². The Morgan fingerprint density at radius 2 is 2.67 bits per heavy atom. The summed E-state index contributed by atoms with van der Waals surface area (Å²) < 4.78 is 49.0. The molecule has 0 aliphatic carbocycles. The van der Waals surface area contributed by atoms with Gasteiger partial charge in [0.25, 0.3) is 5.56 Å². The molecule has 7 heteroatoms. The normalized spacial score (nSPS) is 40.4. The highest BCUT2D eigenvalue weighted by Crippen LogP contribution is 2.30. The molecule has 0 unspecified atom stereocenters. The molecule has 0 amide bonds. The fraction of sp³-hybridized carbons (Fsp3) is 0.636. The van der Waals surface area contributed by atoms with Crippen LogP contribution >= 0.6 is 0 Å². The first kappa shape index (κ1) is 7.88. The van der Waals surface area contributed by atoms with Gasteiger partial charge in [-0.05, 0) is 6.85 Å². The van der Waals surface area contributed by atoms with Crippen molar-refractivity contribution in [2.45, 2.75) is 31.7 Å². The zero-order valence-electron chi connectivity index (χ0n) is 14.5. The number of ether oxygens (including phenoxy) is 2. The van der Waals surface area contributed by atoms with Crippen LogP contribution in [-0.2, 0) is 4.74 Å². The van der Waals surface area contributed by atoms with Crippen molar-refractivity contribution in [2.75, 3.05) is 13.7 Å². The molecule has 2 rings (SSSR count). The summed E-state index contributed by atoms with van der Waals surface area (Å²) in [6.45, 7) is -3.43. The molecule has 1 aromatic heterocycles. The van der Waals surface area contributed by atoms with Gasteiger partial charge in [-0.1, -0.05) is 0 Å². The average Bonchev–Trinajstić information content (AvgIpc) is 2.70. The van der Waals surface area contributed by atoms with E-state index in [4.69, 9.17) is 21.4 Å². The minimum absolute atomic E-state index is 0.443. The molecule has 0 bridgehead atoms. The van der Waals surface area contributed by atoms with Crippen LogP contribution in [0.5, 0.6) is 6.01 Å². The van der Waals surface area contributed by atoms with Crippen LogP contribution in [0, 0.1) is 6.85 Å². The van der Waals surface area contributed by atoms with Gasteiger partial charge in [-0.3, -0.25) is 9.36 Å². The number of hydrogen-bond acceptors (Lipinski definition) is 6. The predicted octanol–water partition coefficient (Wildman–Crippen LogP) is -0.799. The van der Waals surface area contributed by atoms with Crippen molar-refractivity contribution in [1.29, 1.82) is 0 Å². The summed E-state index contributed by atoms with van der Waals surface area (Å²) >= 11 is 0. The average molecular weight is 266 g/mol. The third kappa shape index (κ3) is 2.24. The van der Waals surface area contributed by atoms with Crippen LogP contribution in [0.25, 0.3) is 0 Å². The second kappa shape index (κ2) is 5.05. The smallest absolute Gasteiger partial charge is 0.301 e. The topological polar surface area (TPSA) is 93.8 Å². The fourth-order valence-corrected chi connectivity index (χ4v) is 1.54. The fourth-order valence-electron chi connectivity index (χ4n) is 1.54. The van der Waals surface area contributed by atoms with Crippen LogP contribution in [0.2, 0.25) is 0 Å². The quantitative estimate of drug-likeness (QED) is 0.744. The van der Waals surface area contributed by atoms with Crippen molar-refractivity contribution in [3.8, 4) is 6.01 Å². The molecule has 1 aliphatic rings. The van der Waals surface area contributed by atoms with Crippen LogP contribution in [0.15, 0.2) is 11.0 Å². The van der Waals surface area contributed by atoms with Crippen LogP contribution in [0.1, 0.15) is 25.0 Å². The van der Waals surface area contributed by atoms with Crippen molar-refractivity contribution in [1.82, 2.24) is 9.55 Å². The third-order valence-corrected chi connectivity index (χ3v) is 2.46. The molecule has 0 spiro atoms. The van der Waals surface area contributed by atoms with Gasteiger partial charge in [0.05, 0.1) is 21.2 Å². The van der Waals surface area contributed by atoms with E-state index in [9.17, 15) is 9.90 Å². The molecule has 7 nitrogen and oxygen atoms in total. The van der Waals surface area contributed by atoms with Gasteiger partial charge in [0.15, 0.2) is 0 Å². The van der Waals surface area contributed by atoms with Gasteiger partial charge in [-0.15, -0.1) is 0 Å². The van der Waals surface area contributed by atoms with Crippen molar-refractivity contribution in [3.63, 3.8) is 0 Å². The predicted molar refractivity (Wildman–Crippen MR) is 61.4 cm³/mol. The second-order valence-electron chi connectivity index (χ2n) is 3.65. The first-order valence-corrected chi connectivity index (χ1v) is 5.14. The van der Waals surface area contributed by atoms with Gasteiger partial charge in [-0.25, -0.2) is 0 Å². The lowest BCUT2D eigenvalue weighted by atomic mass is 10.2. The molecule has 100 valence electrons. The maximum absolute atomic E-state index is 11.8. The summed E-state index contributed by atoms with van der Waals surface area (Å²) in [6.07, 6.45) is -5.81. The Labute approximate surface area is 111 Å². The molecule has 18 heavy (non-hydrogen) atoms. The zero-order chi connectivity index (χ0) is 17.6. The molecular formula is C11H16N2O5. The van der Waals surface area contributed by atoms with Gasteiger partial charge >= 0.3 is 6.01 Å². The van der Waals surface area contributed by atoms with Crippen LogP contribution in [0.4, 0.5) is 0 Å². The number of aromatic nitrogens is 2. The van der Waals surface area contributed by atoms with Gasteiger partial charge in [0.2, 0.25) is 0 Å². The summed E-state index contributed by atoms with van der Waals surface area (Å²) in [6, 6.07) is -0.443. The lowest BCUT2D eigenvalue weighted by Crippen LogP contribution is -2.24. The highest BCUT2D eigenvalue weighted by atomic mass is 16.5. The molecule has 1 aromatic rings. The number of aryl methyl sites for hydroxylation is 1. The minimum atomic E-state index is -2.79. The number of aliphatic hydroxyl groups excluding tert-OH is 2. The van der Waals surface area contributed by atoms with E-state index >= 15 is 0 Å². The van der Waals surface area contributed by atoms with Crippen LogP contribution in [0.3, 0.4) is 0 Å². The third-order valence-electron chi connectivity index (χ3n) is 2.46. The van der Waals surface area contributed by atoms with E-state index in [1.807, 2.05) is 0 Å². The van der Waals surface area contributed by atoms with Gasteiger partial charge in [0, 0.05) is 23.6 Å². The molecule has 1 fully saturated rings. The molecule has 1 aliphatic heterocycles. The van der Waals surface area contributed by atoms with Crippen molar-refractivity contribution in [3.05, 3.63) is 22.1 Å². The van der Waals surface area contributed by atoms with Gasteiger partial charge < -0.3 is 19.7 Å². The second-order valence-corrected chi connectivity index (χ2v) is 3.65. The Bertz CT molecular complexity index is 651. The summed E-state index contributed by atoms with van der Waals surface area (Å²) in [5.74, 6) is 0.